The Labute approximate surface area is 192 Å². The van der Waals surface area contributed by atoms with E-state index in [0.29, 0.717) is 34.2 Å². The van der Waals surface area contributed by atoms with Gasteiger partial charge in [-0.05, 0) is 43.3 Å². The van der Waals surface area contributed by atoms with Gasteiger partial charge in [-0.2, -0.15) is 18.3 Å². The number of anilines is 2. The molecule has 1 aromatic carbocycles. The Balaban J connectivity index is 1.49. The van der Waals surface area contributed by atoms with Gasteiger partial charge in [-0.25, -0.2) is 4.98 Å². The van der Waals surface area contributed by atoms with Crippen LogP contribution in [0.4, 0.5) is 24.7 Å². The summed E-state index contributed by atoms with van der Waals surface area (Å²) in [4.78, 5) is 19.1. The van der Waals surface area contributed by atoms with E-state index >= 15 is 0 Å². The number of carbonyl (C=O) groups is 1. The van der Waals surface area contributed by atoms with Crippen molar-refractivity contribution in [1.29, 1.82) is 0 Å². The molecule has 0 bridgehead atoms. The Kier molecular flexibility index (Phi) is 5.11. The average molecular weight is 468 g/mol. The molecule has 0 aliphatic carbocycles. The van der Waals surface area contributed by atoms with Gasteiger partial charge in [0.2, 0.25) is 0 Å². The maximum atomic E-state index is 13.4. The summed E-state index contributed by atoms with van der Waals surface area (Å²) < 4.78 is 46.0. The maximum absolute atomic E-state index is 13.4. The quantitative estimate of drug-likeness (QED) is 0.459. The van der Waals surface area contributed by atoms with E-state index in [4.69, 9.17) is 4.52 Å². The van der Waals surface area contributed by atoms with Gasteiger partial charge < -0.3 is 14.7 Å². The van der Waals surface area contributed by atoms with Crippen molar-refractivity contribution in [2.75, 3.05) is 23.8 Å². The number of nitrogens with one attached hydrogen (secondary N) is 1. The van der Waals surface area contributed by atoms with Crippen LogP contribution in [0.15, 0.2) is 59.4 Å². The number of fused-ring (bicyclic) bond motifs is 1. The number of rotatable bonds is 4. The fourth-order valence-corrected chi connectivity index (χ4v) is 3.96. The first kappa shape index (κ1) is 21.7. The van der Waals surface area contributed by atoms with Crippen LogP contribution in [-0.2, 0) is 6.18 Å². The molecule has 34 heavy (non-hydrogen) atoms. The fourth-order valence-electron chi connectivity index (χ4n) is 3.96. The van der Waals surface area contributed by atoms with Gasteiger partial charge in [0, 0.05) is 37.1 Å². The highest BCUT2D eigenvalue weighted by atomic mass is 19.4. The molecule has 0 fully saturated rings. The van der Waals surface area contributed by atoms with E-state index in [2.05, 4.69) is 20.6 Å². The highest BCUT2D eigenvalue weighted by Gasteiger charge is 2.35. The molecule has 174 valence electrons. The molecule has 0 radical (unpaired) electrons. The second-order valence-corrected chi connectivity index (χ2v) is 7.92. The second-order valence-electron chi connectivity index (χ2n) is 7.92. The first-order valence-electron chi connectivity index (χ1n) is 10.4. The largest absolute Gasteiger partial charge is 0.416 e. The van der Waals surface area contributed by atoms with E-state index in [0.717, 1.165) is 17.7 Å². The van der Waals surface area contributed by atoms with Crippen molar-refractivity contribution in [1.82, 2.24) is 19.9 Å². The SMILES string of the molecule is CNc1cc(-c2cc(-c3cnn4c3C(=O)N(c3ccc(C(F)(F)F)cc3)C[C@@H]4C)no2)ccn1. The minimum Gasteiger partial charge on any atom is -0.373 e. The van der Waals surface area contributed by atoms with E-state index in [-0.39, 0.29) is 18.5 Å². The Hall–Kier alpha value is -4.15. The summed E-state index contributed by atoms with van der Waals surface area (Å²) in [5, 5.41) is 11.5. The minimum atomic E-state index is -4.45. The highest BCUT2D eigenvalue weighted by molar-refractivity contribution is 6.09. The van der Waals surface area contributed by atoms with Crippen LogP contribution in [0.5, 0.6) is 0 Å². The van der Waals surface area contributed by atoms with Gasteiger partial charge in [-0.3, -0.25) is 9.48 Å². The molecule has 11 heteroatoms. The molecule has 1 N–H and O–H groups in total. The number of nitrogens with zero attached hydrogens (tertiary/aromatic N) is 5. The number of aromatic nitrogens is 4. The molecule has 5 rings (SSSR count). The van der Waals surface area contributed by atoms with Crippen LogP contribution in [-0.4, -0.2) is 39.4 Å². The molecule has 0 spiro atoms. The molecule has 4 aromatic rings. The zero-order valence-corrected chi connectivity index (χ0v) is 18.2. The zero-order chi connectivity index (χ0) is 24.0. The lowest BCUT2D eigenvalue weighted by atomic mass is 10.1. The molecule has 1 aliphatic rings. The van der Waals surface area contributed by atoms with Crippen LogP contribution in [0.1, 0.15) is 29.0 Å². The topological polar surface area (TPSA) is 89.1 Å². The van der Waals surface area contributed by atoms with Gasteiger partial charge in [-0.1, -0.05) is 5.16 Å². The first-order chi connectivity index (χ1) is 16.3. The van der Waals surface area contributed by atoms with Gasteiger partial charge in [-0.15, -0.1) is 0 Å². The van der Waals surface area contributed by atoms with Crippen molar-refractivity contribution in [3.8, 4) is 22.6 Å². The summed E-state index contributed by atoms with van der Waals surface area (Å²) >= 11 is 0. The predicted molar refractivity (Wildman–Crippen MR) is 118 cm³/mol. The van der Waals surface area contributed by atoms with Crippen LogP contribution in [0.3, 0.4) is 0 Å². The molecule has 1 atom stereocenters. The van der Waals surface area contributed by atoms with Gasteiger partial charge in [0.15, 0.2) is 5.76 Å². The summed E-state index contributed by atoms with van der Waals surface area (Å²) in [6.07, 6.45) is -1.26. The number of pyridine rings is 1. The summed E-state index contributed by atoms with van der Waals surface area (Å²) in [5.74, 6) is 0.774. The molecule has 1 aliphatic heterocycles. The standard InChI is InChI=1S/C23H19F3N6O2/c1-13-12-31(16-5-3-15(4-6-16)23(24,25)26)22(33)21-17(11-29-32(13)21)18-10-19(34-30-18)14-7-8-28-20(9-14)27-2/h3-11,13H,12H2,1-2H3,(H,27,28)/t13-/m0/s1. The number of amides is 1. The van der Waals surface area contributed by atoms with Crippen LogP contribution in [0, 0.1) is 0 Å². The molecule has 0 unspecified atom stereocenters. The smallest absolute Gasteiger partial charge is 0.373 e. The van der Waals surface area contributed by atoms with Crippen LogP contribution in [0.25, 0.3) is 22.6 Å². The molecular formula is C23H19F3N6O2. The lowest BCUT2D eigenvalue weighted by molar-refractivity contribution is -0.137. The number of hydrogen-bond acceptors (Lipinski definition) is 6. The molecule has 4 heterocycles. The Morgan fingerprint density at radius 1 is 1.15 bits per heavy atom. The summed E-state index contributed by atoms with van der Waals surface area (Å²) in [6, 6.07) is 9.63. The molecule has 0 saturated heterocycles. The fraction of sp³-hybridized carbons (Fsp3) is 0.217. The van der Waals surface area contributed by atoms with Crippen molar-refractivity contribution < 1.29 is 22.5 Å². The lowest BCUT2D eigenvalue weighted by Crippen LogP contribution is -2.42. The maximum Gasteiger partial charge on any atom is 0.416 e. The van der Waals surface area contributed by atoms with Crippen molar-refractivity contribution in [3.63, 3.8) is 0 Å². The number of halogens is 3. The van der Waals surface area contributed by atoms with Crippen LogP contribution >= 0.6 is 0 Å². The van der Waals surface area contributed by atoms with E-state index in [1.165, 1.54) is 17.0 Å². The first-order valence-corrected chi connectivity index (χ1v) is 10.4. The van der Waals surface area contributed by atoms with E-state index in [9.17, 15) is 18.0 Å². The number of hydrogen-bond donors (Lipinski definition) is 1. The van der Waals surface area contributed by atoms with Gasteiger partial charge in [0.05, 0.1) is 23.4 Å². The Morgan fingerprint density at radius 3 is 2.62 bits per heavy atom. The second kappa shape index (κ2) is 8.01. The van der Waals surface area contributed by atoms with E-state index in [1.54, 1.807) is 42.3 Å². The third-order valence-electron chi connectivity index (χ3n) is 5.70. The monoisotopic (exact) mass is 468 g/mol. The van der Waals surface area contributed by atoms with Crippen molar-refractivity contribution >= 4 is 17.4 Å². The van der Waals surface area contributed by atoms with Crippen molar-refractivity contribution in [3.05, 3.63) is 66.1 Å². The molecule has 0 saturated carbocycles. The summed E-state index contributed by atoms with van der Waals surface area (Å²) in [5.41, 5.74) is 1.56. The summed E-state index contributed by atoms with van der Waals surface area (Å²) in [7, 11) is 1.76. The minimum absolute atomic E-state index is 0.200. The van der Waals surface area contributed by atoms with Gasteiger partial charge in [0.1, 0.15) is 17.2 Å². The predicted octanol–water partition coefficient (Wildman–Crippen LogP) is 4.88. The average Bonchev–Trinajstić information content (AvgIpc) is 3.49. The van der Waals surface area contributed by atoms with Crippen LogP contribution in [0.2, 0.25) is 0 Å². The third-order valence-corrected chi connectivity index (χ3v) is 5.70. The number of carbonyl (C=O) groups excluding carboxylic acids is 1. The molecule has 3 aromatic heterocycles. The van der Waals surface area contributed by atoms with Crippen molar-refractivity contribution in [2.45, 2.75) is 19.1 Å². The van der Waals surface area contributed by atoms with E-state index < -0.39 is 11.7 Å². The Bertz CT molecular complexity index is 1360. The van der Waals surface area contributed by atoms with E-state index in [1.807, 2.05) is 6.92 Å². The molecule has 8 nitrogen and oxygen atoms in total. The zero-order valence-electron chi connectivity index (χ0n) is 18.2. The van der Waals surface area contributed by atoms with Gasteiger partial charge in [0.25, 0.3) is 5.91 Å². The summed E-state index contributed by atoms with van der Waals surface area (Å²) in [6.45, 7) is 2.15. The number of alkyl halides is 3. The number of benzene rings is 1. The van der Waals surface area contributed by atoms with Crippen molar-refractivity contribution in [2.24, 2.45) is 0 Å². The van der Waals surface area contributed by atoms with Gasteiger partial charge >= 0.3 is 6.18 Å². The third kappa shape index (κ3) is 3.68. The molecule has 1 amide bonds. The lowest BCUT2D eigenvalue weighted by Gasteiger charge is -2.32. The van der Waals surface area contributed by atoms with Crippen LogP contribution < -0.4 is 10.2 Å². The normalized spacial score (nSPS) is 16.0. The Morgan fingerprint density at radius 2 is 1.91 bits per heavy atom. The molecular weight excluding hydrogens is 449 g/mol. The highest BCUT2D eigenvalue weighted by Crippen LogP contribution is 2.35.